The Kier molecular flexibility index (Phi) is 8.83. The third-order valence-electron chi connectivity index (χ3n) is 4.98. The lowest BCUT2D eigenvalue weighted by molar-refractivity contribution is 0.193. The zero-order chi connectivity index (χ0) is 17.9. The quantitative estimate of drug-likeness (QED) is 0.529. The summed E-state index contributed by atoms with van der Waals surface area (Å²) in [5.74, 6) is 1.86. The Balaban J connectivity index is 1.80. The Bertz CT molecular complexity index is 478. The molecule has 6 heteroatoms. The summed E-state index contributed by atoms with van der Waals surface area (Å²) in [7, 11) is 1.83. The molecule has 0 aromatic carbocycles. The van der Waals surface area contributed by atoms with Crippen LogP contribution in [0.15, 0.2) is 27.8 Å². The number of aliphatic imine (C=N–C) groups is 1. The summed E-state index contributed by atoms with van der Waals surface area (Å²) in [5.41, 5.74) is 0. The summed E-state index contributed by atoms with van der Waals surface area (Å²) in [6.45, 7) is 11.6. The average molecular weight is 350 g/mol. The van der Waals surface area contributed by atoms with Gasteiger partial charge in [-0.1, -0.05) is 20.3 Å². The number of piperidine rings is 1. The highest BCUT2D eigenvalue weighted by atomic mass is 16.3. The van der Waals surface area contributed by atoms with Gasteiger partial charge in [0.05, 0.1) is 12.3 Å². The van der Waals surface area contributed by atoms with Gasteiger partial charge in [-0.05, 0) is 51.2 Å². The van der Waals surface area contributed by atoms with Gasteiger partial charge in [0.1, 0.15) is 5.76 Å². The predicted octanol–water partition coefficient (Wildman–Crippen LogP) is 2.31. The largest absolute Gasteiger partial charge is 0.468 e. The number of likely N-dealkylation sites (tertiary alicyclic amines) is 1. The first-order valence-electron chi connectivity index (χ1n) is 9.72. The highest BCUT2D eigenvalue weighted by molar-refractivity contribution is 5.79. The lowest BCUT2D eigenvalue weighted by Gasteiger charge is -2.29. The van der Waals surface area contributed by atoms with Crippen molar-refractivity contribution in [3.8, 4) is 0 Å². The molecule has 0 bridgehead atoms. The summed E-state index contributed by atoms with van der Waals surface area (Å²) in [6.07, 6.45) is 5.80. The van der Waals surface area contributed by atoms with Crippen LogP contribution in [0.1, 0.15) is 44.9 Å². The molecule has 0 spiro atoms. The number of hydrogen-bond acceptors (Lipinski definition) is 4. The molecular formula is C19H35N5O. The highest BCUT2D eigenvalue weighted by Gasteiger charge is 2.20. The average Bonchev–Trinajstić information content (AvgIpc) is 3.18. The second-order valence-electron chi connectivity index (χ2n) is 6.53. The van der Waals surface area contributed by atoms with E-state index in [9.17, 15) is 0 Å². The van der Waals surface area contributed by atoms with Gasteiger partial charge in [-0.3, -0.25) is 9.89 Å². The monoisotopic (exact) mass is 349 g/mol. The van der Waals surface area contributed by atoms with Crippen LogP contribution < -0.4 is 10.6 Å². The van der Waals surface area contributed by atoms with Gasteiger partial charge in [-0.25, -0.2) is 0 Å². The first-order chi connectivity index (χ1) is 12.3. The van der Waals surface area contributed by atoms with Crippen LogP contribution in [0.25, 0.3) is 0 Å². The second-order valence-corrected chi connectivity index (χ2v) is 6.53. The SMILES string of the molecule is CCN(CC)C(CNC(=NC)NCCN1CCCCC1)c1ccco1. The minimum atomic E-state index is 0.214. The van der Waals surface area contributed by atoms with Gasteiger partial charge in [0.15, 0.2) is 5.96 Å². The van der Waals surface area contributed by atoms with Crippen LogP contribution in [0.4, 0.5) is 0 Å². The van der Waals surface area contributed by atoms with Gasteiger partial charge in [0.25, 0.3) is 0 Å². The van der Waals surface area contributed by atoms with Gasteiger partial charge in [-0.2, -0.15) is 0 Å². The van der Waals surface area contributed by atoms with Crippen molar-refractivity contribution in [3.05, 3.63) is 24.2 Å². The Labute approximate surface area is 152 Å². The van der Waals surface area contributed by atoms with Gasteiger partial charge >= 0.3 is 0 Å². The number of hydrogen-bond donors (Lipinski definition) is 2. The standard InChI is InChI=1S/C19H35N5O/c1-4-24(5-2)17(18-10-9-15-25-18)16-22-19(20-3)21-11-14-23-12-7-6-8-13-23/h9-10,15,17H,4-8,11-14,16H2,1-3H3,(H2,20,21,22). The van der Waals surface area contributed by atoms with E-state index in [4.69, 9.17) is 4.42 Å². The summed E-state index contributed by atoms with van der Waals surface area (Å²) < 4.78 is 5.66. The molecule has 1 fully saturated rings. The summed E-state index contributed by atoms with van der Waals surface area (Å²) in [6, 6.07) is 4.22. The van der Waals surface area contributed by atoms with Crippen molar-refractivity contribution in [3.63, 3.8) is 0 Å². The van der Waals surface area contributed by atoms with E-state index < -0.39 is 0 Å². The molecule has 142 valence electrons. The third-order valence-corrected chi connectivity index (χ3v) is 4.98. The third kappa shape index (κ3) is 6.36. The first-order valence-corrected chi connectivity index (χ1v) is 9.72. The topological polar surface area (TPSA) is 56.0 Å². The minimum Gasteiger partial charge on any atom is -0.468 e. The number of nitrogens with zero attached hydrogens (tertiary/aromatic N) is 3. The Hall–Kier alpha value is -1.53. The van der Waals surface area contributed by atoms with E-state index in [1.54, 1.807) is 6.26 Å². The fraction of sp³-hybridized carbons (Fsp3) is 0.737. The molecule has 6 nitrogen and oxygen atoms in total. The maximum Gasteiger partial charge on any atom is 0.191 e. The Morgan fingerprint density at radius 3 is 2.60 bits per heavy atom. The smallest absolute Gasteiger partial charge is 0.191 e. The highest BCUT2D eigenvalue weighted by Crippen LogP contribution is 2.20. The first kappa shape index (κ1) is 19.8. The van der Waals surface area contributed by atoms with E-state index in [-0.39, 0.29) is 6.04 Å². The lowest BCUT2D eigenvalue weighted by atomic mass is 10.1. The molecule has 1 aromatic rings. The van der Waals surface area contributed by atoms with Crippen molar-refractivity contribution >= 4 is 5.96 Å². The van der Waals surface area contributed by atoms with Crippen molar-refractivity contribution in [2.75, 3.05) is 52.9 Å². The minimum absolute atomic E-state index is 0.214. The molecule has 0 radical (unpaired) electrons. The van der Waals surface area contributed by atoms with E-state index in [0.29, 0.717) is 0 Å². The van der Waals surface area contributed by atoms with Crippen molar-refractivity contribution in [2.24, 2.45) is 4.99 Å². The number of guanidine groups is 1. The molecular weight excluding hydrogens is 314 g/mol. The molecule has 2 N–H and O–H groups in total. The van der Waals surface area contributed by atoms with Crippen LogP contribution in [0.5, 0.6) is 0 Å². The van der Waals surface area contributed by atoms with Crippen molar-refractivity contribution in [2.45, 2.75) is 39.2 Å². The van der Waals surface area contributed by atoms with Crippen LogP contribution in [0, 0.1) is 0 Å². The Morgan fingerprint density at radius 1 is 1.24 bits per heavy atom. The van der Waals surface area contributed by atoms with Gasteiger partial charge in [0, 0.05) is 26.7 Å². The van der Waals surface area contributed by atoms with Crippen LogP contribution in [-0.2, 0) is 0 Å². The molecule has 0 aliphatic carbocycles. The van der Waals surface area contributed by atoms with E-state index in [1.807, 2.05) is 13.1 Å². The van der Waals surface area contributed by atoms with E-state index in [1.165, 1.54) is 32.4 Å². The molecule has 1 aliphatic rings. The molecule has 1 atom stereocenters. The summed E-state index contributed by atoms with van der Waals surface area (Å²) in [4.78, 5) is 9.29. The van der Waals surface area contributed by atoms with Crippen molar-refractivity contribution < 1.29 is 4.42 Å². The number of rotatable bonds is 9. The fourth-order valence-corrected chi connectivity index (χ4v) is 3.48. The van der Waals surface area contributed by atoms with Gasteiger partial charge < -0.3 is 20.0 Å². The van der Waals surface area contributed by atoms with E-state index in [2.05, 4.69) is 45.3 Å². The zero-order valence-electron chi connectivity index (χ0n) is 16.1. The molecule has 0 saturated carbocycles. The number of likely N-dealkylation sites (N-methyl/N-ethyl adjacent to an activating group) is 1. The van der Waals surface area contributed by atoms with Crippen LogP contribution in [-0.4, -0.2) is 68.6 Å². The molecule has 0 amide bonds. The molecule has 2 rings (SSSR count). The number of nitrogens with one attached hydrogen (secondary N) is 2. The summed E-state index contributed by atoms with van der Waals surface area (Å²) in [5, 5.41) is 6.90. The molecule has 2 heterocycles. The molecule has 1 aromatic heterocycles. The van der Waals surface area contributed by atoms with Crippen molar-refractivity contribution in [1.82, 2.24) is 20.4 Å². The van der Waals surface area contributed by atoms with Crippen LogP contribution >= 0.6 is 0 Å². The lowest BCUT2D eigenvalue weighted by Crippen LogP contribution is -2.45. The molecule has 1 saturated heterocycles. The zero-order valence-corrected chi connectivity index (χ0v) is 16.1. The molecule has 25 heavy (non-hydrogen) atoms. The van der Waals surface area contributed by atoms with Gasteiger partial charge in [-0.15, -0.1) is 0 Å². The summed E-state index contributed by atoms with van der Waals surface area (Å²) >= 11 is 0. The van der Waals surface area contributed by atoms with Gasteiger partial charge in [0.2, 0.25) is 0 Å². The predicted molar refractivity (Wildman–Crippen MR) is 104 cm³/mol. The van der Waals surface area contributed by atoms with Crippen molar-refractivity contribution in [1.29, 1.82) is 0 Å². The maximum atomic E-state index is 5.66. The molecule has 1 unspecified atom stereocenters. The normalized spacial score (nSPS) is 17.7. The van der Waals surface area contributed by atoms with E-state index in [0.717, 1.165) is 44.4 Å². The van der Waals surface area contributed by atoms with Crippen LogP contribution in [0.2, 0.25) is 0 Å². The second kappa shape index (κ2) is 11.2. The fourth-order valence-electron chi connectivity index (χ4n) is 3.48. The van der Waals surface area contributed by atoms with Crippen LogP contribution in [0.3, 0.4) is 0 Å². The maximum absolute atomic E-state index is 5.66. The van der Waals surface area contributed by atoms with E-state index >= 15 is 0 Å². The Morgan fingerprint density at radius 2 is 2.00 bits per heavy atom. The molecule has 1 aliphatic heterocycles. The number of furan rings is 1.